The van der Waals surface area contributed by atoms with Crippen LogP contribution in [0.1, 0.15) is 19.3 Å². The summed E-state index contributed by atoms with van der Waals surface area (Å²) in [5.41, 5.74) is -2.09. The summed E-state index contributed by atoms with van der Waals surface area (Å²) >= 11 is -0.0947. The lowest BCUT2D eigenvalue weighted by atomic mass is 10.0. The molecule has 34 heavy (non-hydrogen) atoms. The van der Waals surface area contributed by atoms with Crippen LogP contribution in [0.15, 0.2) is 59.5 Å². The molecule has 2 aliphatic heterocycles. The van der Waals surface area contributed by atoms with Crippen LogP contribution in [0.3, 0.4) is 0 Å². The molecule has 9 heteroatoms. The minimum Gasteiger partial charge on any atom is -0.371 e. The van der Waals surface area contributed by atoms with Gasteiger partial charge in [0.1, 0.15) is 0 Å². The first-order valence-electron chi connectivity index (χ1n) is 11.8. The molecule has 0 spiro atoms. The van der Waals surface area contributed by atoms with Gasteiger partial charge in [0, 0.05) is 74.5 Å². The lowest BCUT2D eigenvalue weighted by molar-refractivity contribution is -0.122. The van der Waals surface area contributed by atoms with E-state index >= 15 is 0 Å². The van der Waals surface area contributed by atoms with Crippen molar-refractivity contribution in [1.29, 1.82) is 0 Å². The molecule has 2 fully saturated rings. The molecule has 1 N–H and O–H groups in total. The quantitative estimate of drug-likeness (QED) is 0.573. The van der Waals surface area contributed by atoms with E-state index in [-0.39, 0.29) is 28.6 Å². The van der Waals surface area contributed by atoms with Crippen molar-refractivity contribution in [3.05, 3.63) is 54.6 Å². The van der Waals surface area contributed by atoms with Crippen molar-refractivity contribution in [1.82, 2.24) is 10.2 Å². The van der Waals surface area contributed by atoms with Crippen LogP contribution in [0.25, 0.3) is 0 Å². The number of benzene rings is 2. The van der Waals surface area contributed by atoms with E-state index in [4.69, 9.17) is 0 Å². The molecule has 0 saturated carbocycles. The largest absolute Gasteiger partial charge is 0.446 e. The SMILES string of the molecule is O=C(CCN1CCN(c2ccccc2)CC1)NC1CCN(c2ccc(SC(F)(F)F)cc2)CC1. The highest BCUT2D eigenvalue weighted by atomic mass is 32.2. The molecular formula is C25H31F3N4OS. The third-order valence-corrected chi connectivity index (χ3v) is 7.18. The monoisotopic (exact) mass is 492 g/mol. The Kier molecular flexibility index (Phi) is 8.26. The average Bonchev–Trinajstić information content (AvgIpc) is 2.84. The second-order valence-electron chi connectivity index (χ2n) is 8.78. The smallest absolute Gasteiger partial charge is 0.371 e. The van der Waals surface area contributed by atoms with E-state index in [2.05, 4.69) is 44.3 Å². The number of rotatable bonds is 7. The van der Waals surface area contributed by atoms with Gasteiger partial charge >= 0.3 is 5.51 Å². The Morgan fingerprint density at radius 3 is 2.06 bits per heavy atom. The third kappa shape index (κ3) is 7.30. The number of carbonyl (C=O) groups is 1. The van der Waals surface area contributed by atoms with Gasteiger partial charge in [0.25, 0.3) is 0 Å². The van der Waals surface area contributed by atoms with Gasteiger partial charge in [0.2, 0.25) is 5.91 Å². The highest BCUT2D eigenvalue weighted by Gasteiger charge is 2.29. The first-order chi connectivity index (χ1) is 16.4. The topological polar surface area (TPSA) is 38.8 Å². The Morgan fingerprint density at radius 1 is 0.853 bits per heavy atom. The number of carbonyl (C=O) groups excluding carboxylic acids is 1. The summed E-state index contributed by atoms with van der Waals surface area (Å²) in [6.07, 6.45) is 2.17. The molecule has 0 aromatic heterocycles. The number of hydrogen-bond donors (Lipinski definition) is 1. The number of anilines is 2. The number of amides is 1. The molecular weight excluding hydrogens is 461 g/mol. The minimum absolute atomic E-state index is 0.0947. The molecule has 2 aromatic carbocycles. The number of nitrogens with zero attached hydrogens (tertiary/aromatic N) is 3. The number of para-hydroxylation sites is 1. The molecule has 2 saturated heterocycles. The van der Waals surface area contributed by atoms with E-state index in [9.17, 15) is 18.0 Å². The van der Waals surface area contributed by atoms with Crippen LogP contribution in [-0.4, -0.2) is 68.2 Å². The summed E-state index contributed by atoms with van der Waals surface area (Å²) in [4.78, 5) is 19.6. The number of thioether (sulfide) groups is 1. The summed E-state index contributed by atoms with van der Waals surface area (Å²) in [6, 6.07) is 17.1. The Labute approximate surface area is 203 Å². The van der Waals surface area contributed by atoms with Crippen LogP contribution >= 0.6 is 11.8 Å². The van der Waals surface area contributed by atoms with E-state index in [0.717, 1.165) is 64.3 Å². The molecule has 5 nitrogen and oxygen atoms in total. The zero-order chi connectivity index (χ0) is 24.0. The molecule has 0 aliphatic carbocycles. The maximum atomic E-state index is 12.5. The van der Waals surface area contributed by atoms with E-state index in [1.54, 1.807) is 12.1 Å². The maximum absolute atomic E-state index is 12.5. The normalized spacial score (nSPS) is 18.2. The second kappa shape index (κ2) is 11.4. The lowest BCUT2D eigenvalue weighted by Crippen LogP contribution is -2.48. The Balaban J connectivity index is 1.13. The number of piperazine rings is 1. The third-order valence-electron chi connectivity index (χ3n) is 6.44. The molecule has 184 valence electrons. The van der Waals surface area contributed by atoms with Crippen LogP contribution in [0.2, 0.25) is 0 Å². The summed E-state index contributed by atoms with van der Waals surface area (Å²) in [5, 5.41) is 3.17. The molecule has 0 radical (unpaired) electrons. The molecule has 2 aromatic rings. The molecule has 0 unspecified atom stereocenters. The maximum Gasteiger partial charge on any atom is 0.446 e. The zero-order valence-electron chi connectivity index (χ0n) is 19.1. The summed E-state index contributed by atoms with van der Waals surface area (Å²) in [6.45, 7) is 6.19. The molecule has 1 amide bonds. The Morgan fingerprint density at radius 2 is 1.44 bits per heavy atom. The molecule has 0 atom stereocenters. The van der Waals surface area contributed by atoms with E-state index in [1.807, 2.05) is 6.07 Å². The summed E-state index contributed by atoms with van der Waals surface area (Å²) in [7, 11) is 0. The van der Waals surface area contributed by atoms with Crippen molar-refractivity contribution in [2.45, 2.75) is 35.7 Å². The Bertz CT molecular complexity index is 910. The lowest BCUT2D eigenvalue weighted by Gasteiger charge is -2.36. The van der Waals surface area contributed by atoms with Crippen molar-refractivity contribution in [2.75, 3.05) is 55.6 Å². The van der Waals surface area contributed by atoms with Crippen LogP contribution in [0.4, 0.5) is 24.5 Å². The van der Waals surface area contributed by atoms with Crippen LogP contribution in [0.5, 0.6) is 0 Å². The van der Waals surface area contributed by atoms with Gasteiger partial charge in [-0.2, -0.15) is 13.2 Å². The number of halogens is 3. The van der Waals surface area contributed by atoms with Gasteiger partial charge in [0.15, 0.2) is 0 Å². The molecule has 2 heterocycles. The fraction of sp³-hybridized carbons (Fsp3) is 0.480. The van der Waals surface area contributed by atoms with Crippen molar-refractivity contribution in [2.24, 2.45) is 0 Å². The zero-order valence-corrected chi connectivity index (χ0v) is 20.0. The van der Waals surface area contributed by atoms with Gasteiger partial charge in [-0.15, -0.1) is 0 Å². The average molecular weight is 493 g/mol. The van der Waals surface area contributed by atoms with Gasteiger partial charge < -0.3 is 15.1 Å². The fourth-order valence-corrected chi connectivity index (χ4v) is 5.11. The number of hydrogen-bond acceptors (Lipinski definition) is 5. The fourth-order valence-electron chi connectivity index (χ4n) is 4.57. The van der Waals surface area contributed by atoms with Crippen molar-refractivity contribution < 1.29 is 18.0 Å². The molecule has 2 aliphatic rings. The van der Waals surface area contributed by atoms with Gasteiger partial charge in [-0.05, 0) is 61.0 Å². The van der Waals surface area contributed by atoms with Crippen molar-refractivity contribution in [3.8, 4) is 0 Å². The number of piperidine rings is 1. The predicted molar refractivity (Wildman–Crippen MR) is 131 cm³/mol. The van der Waals surface area contributed by atoms with Gasteiger partial charge in [0.05, 0.1) is 0 Å². The highest BCUT2D eigenvalue weighted by Crippen LogP contribution is 2.37. The predicted octanol–water partition coefficient (Wildman–Crippen LogP) is 4.60. The van der Waals surface area contributed by atoms with Gasteiger partial charge in [-0.1, -0.05) is 18.2 Å². The van der Waals surface area contributed by atoms with Crippen LogP contribution < -0.4 is 15.1 Å². The minimum atomic E-state index is -4.27. The molecule has 0 bridgehead atoms. The van der Waals surface area contributed by atoms with E-state index in [1.165, 1.54) is 17.8 Å². The first-order valence-corrected chi connectivity index (χ1v) is 12.6. The number of nitrogens with one attached hydrogen (secondary N) is 1. The highest BCUT2D eigenvalue weighted by molar-refractivity contribution is 8.00. The second-order valence-corrected chi connectivity index (χ2v) is 9.92. The number of alkyl halides is 3. The van der Waals surface area contributed by atoms with E-state index < -0.39 is 5.51 Å². The van der Waals surface area contributed by atoms with E-state index in [0.29, 0.717) is 6.42 Å². The Hall–Kier alpha value is -2.39. The first kappa shape index (κ1) is 24.7. The van der Waals surface area contributed by atoms with Crippen molar-refractivity contribution >= 4 is 29.0 Å². The van der Waals surface area contributed by atoms with Crippen molar-refractivity contribution in [3.63, 3.8) is 0 Å². The van der Waals surface area contributed by atoms with Crippen LogP contribution in [0, 0.1) is 0 Å². The summed E-state index contributed by atoms with van der Waals surface area (Å²) in [5.74, 6) is 0.0949. The van der Waals surface area contributed by atoms with Gasteiger partial charge in [-0.25, -0.2) is 0 Å². The van der Waals surface area contributed by atoms with Crippen LogP contribution in [-0.2, 0) is 4.79 Å². The standard InChI is InChI=1S/C25H31F3N4OS/c26-25(27,28)34-23-8-6-22(7-9-23)31-14-10-20(11-15-31)29-24(33)12-13-30-16-18-32(19-17-30)21-4-2-1-3-5-21/h1-9,20H,10-19H2,(H,29,33). The van der Waals surface area contributed by atoms with Gasteiger partial charge in [-0.3, -0.25) is 9.69 Å². The molecule has 4 rings (SSSR count). The summed E-state index contributed by atoms with van der Waals surface area (Å²) < 4.78 is 37.5.